The van der Waals surface area contributed by atoms with E-state index in [1.807, 2.05) is 0 Å². The van der Waals surface area contributed by atoms with Crippen LogP contribution in [0.15, 0.2) is 36.8 Å². The molecule has 0 saturated carbocycles. The molecule has 0 spiro atoms. The van der Waals surface area contributed by atoms with E-state index in [0.717, 1.165) is 0 Å². The van der Waals surface area contributed by atoms with E-state index in [1.54, 1.807) is 0 Å². The normalized spacial score (nSPS) is 11.8. The summed E-state index contributed by atoms with van der Waals surface area (Å²) in [5.41, 5.74) is -0.0385. The van der Waals surface area contributed by atoms with Gasteiger partial charge in [0.2, 0.25) is 5.95 Å². The number of aromatic amines is 1. The lowest BCUT2D eigenvalue weighted by Gasteiger charge is -2.07. The van der Waals surface area contributed by atoms with E-state index >= 15 is 0 Å². The van der Waals surface area contributed by atoms with Gasteiger partial charge in [0, 0.05) is 24.1 Å². The van der Waals surface area contributed by atoms with Gasteiger partial charge in [-0.3, -0.25) is 13.8 Å². The van der Waals surface area contributed by atoms with E-state index in [2.05, 4.69) is 25.6 Å². The van der Waals surface area contributed by atoms with Crippen molar-refractivity contribution >= 4 is 57.6 Å². The molecule has 13 heteroatoms. The standard InChI is InChI=1S/C19H16Cl2FN5O4S/c20-12-2-3-13(21)16(22)15(12)17(28)10-6-14(24-7-10)18(29)27-11-8-25-19(26-9-11)23-4-1-5-32(30)31/h2-3,6-9,24H,1,4-5H2,(H,27,29)(H,30,31)(H,23,25,26)/p-1. The number of nitrogens with one attached hydrogen (secondary N) is 3. The van der Waals surface area contributed by atoms with Gasteiger partial charge in [0.15, 0.2) is 11.6 Å². The Bertz CT molecular complexity index is 1170. The highest BCUT2D eigenvalue weighted by Gasteiger charge is 2.22. The first kappa shape index (κ1) is 23.8. The van der Waals surface area contributed by atoms with Crippen LogP contribution in [-0.2, 0) is 11.1 Å². The Balaban J connectivity index is 1.63. The van der Waals surface area contributed by atoms with Crippen LogP contribution in [-0.4, -0.2) is 47.7 Å². The van der Waals surface area contributed by atoms with E-state index < -0.39 is 28.6 Å². The van der Waals surface area contributed by atoms with Crippen molar-refractivity contribution in [2.75, 3.05) is 22.9 Å². The fourth-order valence-corrected chi connectivity index (χ4v) is 3.38. The van der Waals surface area contributed by atoms with Gasteiger partial charge in [-0.1, -0.05) is 34.3 Å². The molecule has 0 aliphatic heterocycles. The average Bonchev–Trinajstić information content (AvgIpc) is 3.25. The topological polar surface area (TPSA) is 140 Å². The van der Waals surface area contributed by atoms with Crippen LogP contribution in [0, 0.1) is 5.82 Å². The van der Waals surface area contributed by atoms with E-state index in [4.69, 9.17) is 23.2 Å². The van der Waals surface area contributed by atoms with Gasteiger partial charge < -0.3 is 20.2 Å². The fourth-order valence-electron chi connectivity index (χ4n) is 2.61. The molecule has 0 bridgehead atoms. The van der Waals surface area contributed by atoms with E-state index in [-0.39, 0.29) is 44.3 Å². The number of hydrogen-bond donors (Lipinski definition) is 3. The zero-order valence-corrected chi connectivity index (χ0v) is 18.5. The third-order valence-corrected chi connectivity index (χ3v) is 5.37. The van der Waals surface area contributed by atoms with Crippen LogP contribution in [0.4, 0.5) is 16.0 Å². The summed E-state index contributed by atoms with van der Waals surface area (Å²) < 4.78 is 35.2. The summed E-state index contributed by atoms with van der Waals surface area (Å²) in [6.07, 6.45) is 4.37. The number of anilines is 2. The number of nitrogens with zero attached hydrogens (tertiary/aromatic N) is 2. The minimum absolute atomic E-state index is 0.0213. The van der Waals surface area contributed by atoms with Crippen molar-refractivity contribution in [3.63, 3.8) is 0 Å². The van der Waals surface area contributed by atoms with E-state index in [0.29, 0.717) is 13.0 Å². The van der Waals surface area contributed by atoms with Crippen LogP contribution in [0.2, 0.25) is 10.0 Å². The first-order valence-electron chi connectivity index (χ1n) is 9.06. The molecule has 168 valence electrons. The van der Waals surface area contributed by atoms with Crippen molar-refractivity contribution < 1.29 is 22.7 Å². The summed E-state index contributed by atoms with van der Waals surface area (Å²) in [6.45, 7) is 0.371. The third-order valence-electron chi connectivity index (χ3n) is 4.14. The SMILES string of the molecule is O=C(Nc1cnc(NCCCS(=O)[O-])nc1)c1cc(C(=O)c2c(Cl)ccc(Cl)c2F)c[nH]1. The molecule has 1 aromatic carbocycles. The molecule has 3 rings (SSSR count). The van der Waals surface area contributed by atoms with Crippen molar-refractivity contribution in [1.82, 2.24) is 15.0 Å². The van der Waals surface area contributed by atoms with Crippen molar-refractivity contribution in [2.45, 2.75) is 6.42 Å². The molecule has 1 unspecified atom stereocenters. The predicted octanol–water partition coefficient (Wildman–Crippen LogP) is 3.42. The number of rotatable bonds is 9. The highest BCUT2D eigenvalue weighted by atomic mass is 35.5. The molecule has 0 saturated heterocycles. The quantitative estimate of drug-likeness (QED) is 0.177. The molecular weight excluding hydrogens is 484 g/mol. The van der Waals surface area contributed by atoms with Crippen molar-refractivity contribution in [3.05, 3.63) is 69.5 Å². The molecule has 3 aromatic rings. The van der Waals surface area contributed by atoms with Gasteiger partial charge in [-0.2, -0.15) is 0 Å². The summed E-state index contributed by atoms with van der Waals surface area (Å²) in [6, 6.07) is 3.80. The maximum absolute atomic E-state index is 14.2. The Morgan fingerprint density at radius 3 is 2.56 bits per heavy atom. The summed E-state index contributed by atoms with van der Waals surface area (Å²) in [5, 5.41) is 5.06. The lowest BCUT2D eigenvalue weighted by atomic mass is 10.0. The molecule has 0 aliphatic rings. The maximum atomic E-state index is 14.2. The Hall–Kier alpha value is -2.86. The highest BCUT2D eigenvalue weighted by Crippen LogP contribution is 2.28. The number of carbonyl (C=O) groups excluding carboxylic acids is 2. The van der Waals surface area contributed by atoms with Crippen molar-refractivity contribution in [3.8, 4) is 0 Å². The number of carbonyl (C=O) groups is 2. The Morgan fingerprint density at radius 1 is 1.19 bits per heavy atom. The number of amides is 1. The number of aromatic nitrogens is 3. The molecular formula is C19H15Cl2FN5O4S-. The van der Waals surface area contributed by atoms with Crippen LogP contribution >= 0.6 is 23.2 Å². The maximum Gasteiger partial charge on any atom is 0.272 e. The van der Waals surface area contributed by atoms with Crippen LogP contribution in [0.25, 0.3) is 0 Å². The second-order valence-electron chi connectivity index (χ2n) is 6.39. The summed E-state index contributed by atoms with van der Waals surface area (Å²) >= 11 is 9.56. The van der Waals surface area contributed by atoms with Gasteiger partial charge in [0.05, 0.1) is 33.7 Å². The first-order chi connectivity index (χ1) is 15.3. The monoisotopic (exact) mass is 498 g/mol. The minimum Gasteiger partial charge on any atom is -0.772 e. The number of halogens is 3. The van der Waals surface area contributed by atoms with Crippen LogP contribution in [0.5, 0.6) is 0 Å². The smallest absolute Gasteiger partial charge is 0.272 e. The zero-order chi connectivity index (χ0) is 23.3. The fraction of sp³-hybridized carbons (Fsp3) is 0.158. The molecule has 2 aromatic heterocycles. The summed E-state index contributed by atoms with van der Waals surface area (Å²) in [4.78, 5) is 35.7. The van der Waals surface area contributed by atoms with E-state index in [9.17, 15) is 22.7 Å². The minimum atomic E-state index is -2.10. The summed E-state index contributed by atoms with van der Waals surface area (Å²) in [5.74, 6) is -1.96. The van der Waals surface area contributed by atoms with Gasteiger partial charge >= 0.3 is 0 Å². The van der Waals surface area contributed by atoms with Crippen LogP contribution < -0.4 is 10.6 Å². The molecule has 2 heterocycles. The molecule has 3 N–H and O–H groups in total. The second kappa shape index (κ2) is 10.6. The van der Waals surface area contributed by atoms with Crippen molar-refractivity contribution in [1.29, 1.82) is 0 Å². The largest absolute Gasteiger partial charge is 0.772 e. The molecule has 0 fully saturated rings. The number of benzene rings is 1. The lowest BCUT2D eigenvalue weighted by molar-refractivity contribution is 0.102. The van der Waals surface area contributed by atoms with Crippen LogP contribution in [0.3, 0.4) is 0 Å². The second-order valence-corrected chi connectivity index (χ2v) is 8.22. The molecule has 0 aliphatic carbocycles. The third kappa shape index (κ3) is 5.88. The van der Waals surface area contributed by atoms with Gasteiger partial charge in [-0.25, -0.2) is 14.4 Å². The molecule has 0 radical (unpaired) electrons. The van der Waals surface area contributed by atoms with E-state index in [1.165, 1.54) is 36.8 Å². The molecule has 9 nitrogen and oxygen atoms in total. The summed E-state index contributed by atoms with van der Waals surface area (Å²) in [7, 11) is 0. The lowest BCUT2D eigenvalue weighted by Crippen LogP contribution is -2.13. The zero-order valence-electron chi connectivity index (χ0n) is 16.2. The molecule has 32 heavy (non-hydrogen) atoms. The van der Waals surface area contributed by atoms with Gasteiger partial charge in [0.1, 0.15) is 5.69 Å². The van der Waals surface area contributed by atoms with Gasteiger partial charge in [-0.15, -0.1) is 0 Å². The Morgan fingerprint density at radius 2 is 1.88 bits per heavy atom. The van der Waals surface area contributed by atoms with Crippen molar-refractivity contribution in [2.24, 2.45) is 0 Å². The number of hydrogen-bond acceptors (Lipinski definition) is 7. The van der Waals surface area contributed by atoms with Crippen LogP contribution in [0.1, 0.15) is 32.8 Å². The Labute approximate surface area is 194 Å². The average molecular weight is 499 g/mol. The Kier molecular flexibility index (Phi) is 7.91. The molecule has 1 atom stereocenters. The number of ketones is 1. The highest BCUT2D eigenvalue weighted by molar-refractivity contribution is 7.79. The predicted molar refractivity (Wildman–Crippen MR) is 118 cm³/mol. The van der Waals surface area contributed by atoms with Gasteiger partial charge in [-0.05, 0) is 24.6 Å². The number of H-pyrrole nitrogens is 1. The van der Waals surface area contributed by atoms with Gasteiger partial charge in [0.25, 0.3) is 5.91 Å². The molecule has 1 amide bonds. The first-order valence-corrected chi connectivity index (χ1v) is 11.1.